The van der Waals surface area contributed by atoms with E-state index in [-0.39, 0.29) is 11.5 Å². The van der Waals surface area contributed by atoms with Crippen molar-refractivity contribution in [2.45, 2.75) is 13.5 Å². The third kappa shape index (κ3) is 3.76. The first-order valence-electron chi connectivity index (χ1n) is 6.61. The Labute approximate surface area is 122 Å². The topological polar surface area (TPSA) is 71.2 Å². The molecule has 0 atom stereocenters. The number of aromatic nitrogens is 1. The number of benzene rings is 1. The van der Waals surface area contributed by atoms with E-state index in [2.05, 4.69) is 10.4 Å². The van der Waals surface area contributed by atoms with Crippen LogP contribution < -0.4 is 16.2 Å². The number of nitrogens with two attached hydrogens (primary N) is 1. The summed E-state index contributed by atoms with van der Waals surface area (Å²) in [7, 11) is 0. The lowest BCUT2D eigenvalue weighted by molar-refractivity contribution is 0.0948. The van der Waals surface area contributed by atoms with Crippen molar-refractivity contribution >= 4 is 11.6 Å². The van der Waals surface area contributed by atoms with Gasteiger partial charge in [0, 0.05) is 12.2 Å². The third-order valence-electron chi connectivity index (χ3n) is 3.10. The van der Waals surface area contributed by atoms with E-state index >= 15 is 0 Å². The Hall–Kier alpha value is -2.47. The largest absolute Gasteiger partial charge is 0.366 e. The fourth-order valence-electron chi connectivity index (χ4n) is 2.00. The van der Waals surface area contributed by atoms with E-state index in [0.717, 1.165) is 17.9 Å². The van der Waals surface area contributed by atoms with Crippen molar-refractivity contribution in [3.63, 3.8) is 0 Å². The summed E-state index contributed by atoms with van der Waals surface area (Å²) < 4.78 is 13.0. The molecule has 0 aliphatic carbocycles. The summed E-state index contributed by atoms with van der Waals surface area (Å²) >= 11 is 0. The molecule has 0 fully saturated rings. The molecule has 3 N–H and O–H groups in total. The molecule has 1 amide bonds. The summed E-state index contributed by atoms with van der Waals surface area (Å²) in [6.07, 6.45) is 0. The van der Waals surface area contributed by atoms with Gasteiger partial charge < -0.3 is 4.90 Å². The van der Waals surface area contributed by atoms with Crippen LogP contribution in [0.2, 0.25) is 0 Å². The zero-order chi connectivity index (χ0) is 15.2. The quantitative estimate of drug-likeness (QED) is 0.500. The van der Waals surface area contributed by atoms with Crippen LogP contribution in [-0.2, 0) is 6.54 Å². The molecule has 2 aromatic rings. The zero-order valence-electron chi connectivity index (χ0n) is 11.7. The van der Waals surface area contributed by atoms with Gasteiger partial charge in [-0.05, 0) is 43.3 Å². The zero-order valence-corrected chi connectivity index (χ0v) is 11.7. The number of pyridine rings is 1. The standard InChI is InChI=1S/C15H17FN4O/c1-2-20(13-8-6-11(16)7-9-13)10-12-4-3-5-14(18-12)15(21)19-17/h3-9H,2,10,17H2,1H3,(H,19,21). The summed E-state index contributed by atoms with van der Waals surface area (Å²) in [5.74, 6) is 4.40. The van der Waals surface area contributed by atoms with Gasteiger partial charge >= 0.3 is 0 Å². The van der Waals surface area contributed by atoms with Crippen LogP contribution >= 0.6 is 0 Å². The lowest BCUT2D eigenvalue weighted by Gasteiger charge is -2.22. The number of hydrazine groups is 1. The fraction of sp³-hybridized carbons (Fsp3) is 0.200. The average molecular weight is 288 g/mol. The Morgan fingerprint density at radius 1 is 1.29 bits per heavy atom. The number of hydrogen-bond acceptors (Lipinski definition) is 4. The van der Waals surface area contributed by atoms with Crippen molar-refractivity contribution in [2.75, 3.05) is 11.4 Å². The molecule has 0 radical (unpaired) electrons. The second-order valence-electron chi connectivity index (χ2n) is 4.48. The normalized spacial score (nSPS) is 10.2. The summed E-state index contributed by atoms with van der Waals surface area (Å²) in [4.78, 5) is 17.8. The Kier molecular flexibility index (Phi) is 4.84. The number of amides is 1. The van der Waals surface area contributed by atoms with Gasteiger partial charge in [-0.2, -0.15) is 0 Å². The Morgan fingerprint density at radius 2 is 2.00 bits per heavy atom. The Balaban J connectivity index is 2.18. The van der Waals surface area contributed by atoms with Crippen molar-refractivity contribution in [1.29, 1.82) is 0 Å². The first-order chi connectivity index (χ1) is 10.1. The number of nitrogen functional groups attached to an aromatic ring is 1. The second-order valence-corrected chi connectivity index (χ2v) is 4.48. The number of nitrogens with zero attached hydrogens (tertiary/aromatic N) is 2. The van der Waals surface area contributed by atoms with Crippen LogP contribution in [0.15, 0.2) is 42.5 Å². The molecule has 0 saturated carbocycles. The lowest BCUT2D eigenvalue weighted by atomic mass is 10.2. The molecule has 21 heavy (non-hydrogen) atoms. The highest BCUT2D eigenvalue weighted by atomic mass is 19.1. The van der Waals surface area contributed by atoms with Crippen LogP contribution in [0.3, 0.4) is 0 Å². The Bertz CT molecular complexity index is 615. The van der Waals surface area contributed by atoms with Gasteiger partial charge in [0.15, 0.2) is 0 Å². The molecule has 1 aromatic carbocycles. The minimum absolute atomic E-state index is 0.269. The number of halogens is 1. The maximum atomic E-state index is 13.0. The van der Waals surface area contributed by atoms with Gasteiger partial charge in [-0.3, -0.25) is 10.2 Å². The smallest absolute Gasteiger partial charge is 0.283 e. The first kappa shape index (κ1) is 14.9. The molecule has 0 aliphatic heterocycles. The van der Waals surface area contributed by atoms with Gasteiger partial charge in [-0.1, -0.05) is 6.07 Å². The molecule has 0 unspecified atom stereocenters. The van der Waals surface area contributed by atoms with Crippen molar-refractivity contribution in [3.8, 4) is 0 Å². The predicted octanol–water partition coefficient (Wildman–Crippen LogP) is 1.85. The van der Waals surface area contributed by atoms with Gasteiger partial charge in [0.05, 0.1) is 12.2 Å². The van der Waals surface area contributed by atoms with E-state index in [4.69, 9.17) is 5.84 Å². The van der Waals surface area contributed by atoms with Crippen LogP contribution in [0.4, 0.5) is 10.1 Å². The maximum absolute atomic E-state index is 13.0. The highest BCUT2D eigenvalue weighted by molar-refractivity contribution is 5.91. The number of anilines is 1. The van der Waals surface area contributed by atoms with Crippen LogP contribution in [0, 0.1) is 5.82 Å². The molecular weight excluding hydrogens is 271 g/mol. The molecule has 6 heteroatoms. The molecule has 0 aliphatic rings. The van der Waals surface area contributed by atoms with Gasteiger partial charge in [0.2, 0.25) is 0 Å². The molecular formula is C15H17FN4O. The molecule has 110 valence electrons. The number of hydrogen-bond donors (Lipinski definition) is 2. The highest BCUT2D eigenvalue weighted by Gasteiger charge is 2.09. The molecule has 2 rings (SSSR count). The number of rotatable bonds is 5. The molecule has 0 bridgehead atoms. The number of nitrogens with one attached hydrogen (secondary N) is 1. The van der Waals surface area contributed by atoms with Crippen molar-refractivity contribution < 1.29 is 9.18 Å². The molecule has 1 heterocycles. The van der Waals surface area contributed by atoms with Crippen LogP contribution in [-0.4, -0.2) is 17.4 Å². The molecule has 1 aromatic heterocycles. The van der Waals surface area contributed by atoms with Gasteiger partial charge in [-0.25, -0.2) is 15.2 Å². The fourth-order valence-corrected chi connectivity index (χ4v) is 2.00. The molecule has 0 spiro atoms. The summed E-state index contributed by atoms with van der Waals surface area (Å²) in [5, 5.41) is 0. The lowest BCUT2D eigenvalue weighted by Crippen LogP contribution is -2.31. The summed E-state index contributed by atoms with van der Waals surface area (Å²) in [6, 6.07) is 11.5. The van der Waals surface area contributed by atoms with E-state index in [1.165, 1.54) is 12.1 Å². The van der Waals surface area contributed by atoms with E-state index in [1.807, 2.05) is 17.9 Å². The highest BCUT2D eigenvalue weighted by Crippen LogP contribution is 2.17. The first-order valence-corrected chi connectivity index (χ1v) is 6.61. The minimum Gasteiger partial charge on any atom is -0.366 e. The molecule has 0 saturated heterocycles. The monoisotopic (exact) mass is 288 g/mol. The van der Waals surface area contributed by atoms with Gasteiger partial charge in [0.1, 0.15) is 11.5 Å². The number of carbonyl (C=O) groups excluding carboxylic acids is 1. The minimum atomic E-state index is -0.429. The van der Waals surface area contributed by atoms with E-state index < -0.39 is 5.91 Å². The second kappa shape index (κ2) is 6.81. The number of carbonyl (C=O) groups is 1. The Morgan fingerprint density at radius 3 is 2.62 bits per heavy atom. The van der Waals surface area contributed by atoms with Crippen LogP contribution in [0.5, 0.6) is 0 Å². The van der Waals surface area contributed by atoms with Crippen molar-refractivity contribution in [3.05, 3.63) is 59.7 Å². The van der Waals surface area contributed by atoms with Crippen LogP contribution in [0.25, 0.3) is 0 Å². The molecule has 5 nitrogen and oxygen atoms in total. The van der Waals surface area contributed by atoms with Gasteiger partial charge in [0.25, 0.3) is 5.91 Å². The summed E-state index contributed by atoms with van der Waals surface area (Å²) in [5.41, 5.74) is 3.96. The van der Waals surface area contributed by atoms with E-state index in [1.54, 1.807) is 24.3 Å². The third-order valence-corrected chi connectivity index (χ3v) is 3.10. The summed E-state index contributed by atoms with van der Waals surface area (Å²) in [6.45, 7) is 3.26. The predicted molar refractivity (Wildman–Crippen MR) is 79.0 cm³/mol. The van der Waals surface area contributed by atoms with Crippen molar-refractivity contribution in [2.24, 2.45) is 5.84 Å². The van der Waals surface area contributed by atoms with Crippen molar-refractivity contribution in [1.82, 2.24) is 10.4 Å². The van der Waals surface area contributed by atoms with Gasteiger partial charge in [-0.15, -0.1) is 0 Å². The maximum Gasteiger partial charge on any atom is 0.283 e. The van der Waals surface area contributed by atoms with Crippen LogP contribution in [0.1, 0.15) is 23.1 Å². The average Bonchev–Trinajstić information content (AvgIpc) is 2.53. The van der Waals surface area contributed by atoms with E-state index in [9.17, 15) is 9.18 Å². The van der Waals surface area contributed by atoms with E-state index in [0.29, 0.717) is 6.54 Å². The SMILES string of the molecule is CCN(Cc1cccc(C(=O)NN)n1)c1ccc(F)cc1.